The molecule has 0 bridgehead atoms. The fourth-order valence-electron chi connectivity index (χ4n) is 1.79. The van der Waals surface area contributed by atoms with E-state index in [0.717, 1.165) is 0 Å². The molecule has 0 amide bonds. The normalized spacial score (nSPS) is 13.5. The summed E-state index contributed by atoms with van der Waals surface area (Å²) in [6.45, 7) is -1.12. The monoisotopic (exact) mass is 350 g/mol. The van der Waals surface area contributed by atoms with Crippen LogP contribution in [0.5, 0.6) is 0 Å². The zero-order valence-electron chi connectivity index (χ0n) is 11.9. The van der Waals surface area contributed by atoms with E-state index in [2.05, 4.69) is 15.0 Å². The van der Waals surface area contributed by atoms with Crippen LogP contribution in [0, 0.1) is 0 Å². The summed E-state index contributed by atoms with van der Waals surface area (Å²) < 4.78 is 34.6. The molecule has 0 aliphatic rings. The molecule has 0 spiro atoms. The molecule has 0 aromatic carbocycles. The molecule has 2 aromatic heterocycles. The fourth-order valence-corrected chi connectivity index (χ4v) is 2.15. The molecular formula is C10H16FN6O5P. The molecule has 0 aliphatic heterocycles. The summed E-state index contributed by atoms with van der Waals surface area (Å²) in [6, 6.07) is 0. The lowest BCUT2D eigenvalue weighted by Gasteiger charge is -2.19. The van der Waals surface area contributed by atoms with Gasteiger partial charge in [0.2, 0.25) is 5.95 Å². The minimum absolute atomic E-state index is 0.0492. The second-order valence-electron chi connectivity index (χ2n) is 4.49. The Labute approximate surface area is 129 Å². The Bertz CT molecular complexity index is 721. The highest BCUT2D eigenvalue weighted by molar-refractivity contribution is 7.51. The standard InChI is InChI=1S/C10H16FN6O5P/c11-1-2-21-6(22-5-23(18,19)20)3-17-4-14-7-8(12)15-10(13)16-9(7)17/h4,6H,1-3,5H2,(H2,18,19,20)(H4,12,13,15,16). The number of anilines is 2. The van der Waals surface area contributed by atoms with Crippen molar-refractivity contribution < 1.29 is 28.2 Å². The van der Waals surface area contributed by atoms with Crippen molar-refractivity contribution in [2.24, 2.45) is 0 Å². The fraction of sp³-hybridized carbons (Fsp3) is 0.500. The summed E-state index contributed by atoms with van der Waals surface area (Å²) in [6.07, 6.45) is -0.620. The summed E-state index contributed by atoms with van der Waals surface area (Å²) >= 11 is 0. The van der Waals surface area contributed by atoms with E-state index < -0.39 is 26.9 Å². The number of imidazole rings is 1. The van der Waals surface area contributed by atoms with E-state index in [-0.39, 0.29) is 24.9 Å². The van der Waals surface area contributed by atoms with Gasteiger partial charge in [-0.15, -0.1) is 0 Å². The Morgan fingerprint density at radius 1 is 1.35 bits per heavy atom. The van der Waals surface area contributed by atoms with Crippen molar-refractivity contribution in [1.29, 1.82) is 0 Å². The van der Waals surface area contributed by atoms with Crippen LogP contribution in [0.3, 0.4) is 0 Å². The largest absolute Gasteiger partial charge is 0.382 e. The molecule has 23 heavy (non-hydrogen) atoms. The predicted molar refractivity (Wildman–Crippen MR) is 77.9 cm³/mol. The molecule has 2 rings (SSSR count). The summed E-state index contributed by atoms with van der Waals surface area (Å²) in [4.78, 5) is 29.5. The van der Waals surface area contributed by atoms with E-state index in [0.29, 0.717) is 11.2 Å². The minimum atomic E-state index is -4.39. The smallest absolute Gasteiger partial charge is 0.351 e. The number of nitrogens with two attached hydrogens (primary N) is 2. The van der Waals surface area contributed by atoms with Crippen LogP contribution < -0.4 is 11.5 Å². The molecule has 0 aliphatic carbocycles. The zero-order valence-corrected chi connectivity index (χ0v) is 12.8. The van der Waals surface area contributed by atoms with Crippen LogP contribution in [0.1, 0.15) is 0 Å². The lowest BCUT2D eigenvalue weighted by atomic mass is 10.5. The Morgan fingerprint density at radius 2 is 2.09 bits per heavy atom. The van der Waals surface area contributed by atoms with Gasteiger partial charge in [0.25, 0.3) is 0 Å². The first-order chi connectivity index (χ1) is 10.8. The maximum Gasteiger partial charge on any atom is 0.351 e. The first-order valence-corrected chi connectivity index (χ1v) is 8.17. The molecule has 2 aromatic rings. The van der Waals surface area contributed by atoms with Gasteiger partial charge in [0.15, 0.2) is 24.1 Å². The van der Waals surface area contributed by atoms with Crippen LogP contribution >= 0.6 is 7.60 Å². The number of halogens is 1. The van der Waals surface area contributed by atoms with Gasteiger partial charge >= 0.3 is 7.60 Å². The molecule has 1 atom stereocenters. The van der Waals surface area contributed by atoms with Crippen LogP contribution in [-0.2, 0) is 20.6 Å². The van der Waals surface area contributed by atoms with Gasteiger partial charge < -0.3 is 35.3 Å². The molecule has 2 heterocycles. The molecule has 0 saturated carbocycles. The van der Waals surface area contributed by atoms with Gasteiger partial charge in [-0.25, -0.2) is 9.37 Å². The van der Waals surface area contributed by atoms with Crippen molar-refractivity contribution in [2.75, 3.05) is 31.1 Å². The number of ether oxygens (including phenoxy) is 2. The summed E-state index contributed by atoms with van der Waals surface area (Å²) in [5.41, 5.74) is 11.8. The van der Waals surface area contributed by atoms with Crippen LogP contribution in [0.25, 0.3) is 11.2 Å². The number of alkyl halides is 1. The van der Waals surface area contributed by atoms with Crippen molar-refractivity contribution in [3.05, 3.63) is 6.33 Å². The third-order valence-corrected chi connectivity index (χ3v) is 3.15. The highest BCUT2D eigenvalue weighted by Gasteiger charge is 2.20. The number of nitrogen functional groups attached to an aromatic ring is 2. The highest BCUT2D eigenvalue weighted by Crippen LogP contribution is 2.34. The quantitative estimate of drug-likeness (QED) is 0.357. The van der Waals surface area contributed by atoms with Gasteiger partial charge in [-0.05, 0) is 0 Å². The summed E-state index contributed by atoms with van der Waals surface area (Å²) in [5.74, 6) is 0.0257. The SMILES string of the molecule is Nc1nc(N)c2ncn(CC(OCCF)OCP(=O)(O)O)c2n1. The maximum absolute atomic E-state index is 12.3. The van der Waals surface area contributed by atoms with E-state index in [1.165, 1.54) is 10.9 Å². The molecule has 1 unspecified atom stereocenters. The van der Waals surface area contributed by atoms with Crippen LogP contribution in [0.2, 0.25) is 0 Å². The number of nitrogens with zero attached hydrogens (tertiary/aromatic N) is 4. The van der Waals surface area contributed by atoms with E-state index in [4.69, 9.17) is 30.7 Å². The maximum atomic E-state index is 12.3. The molecular weight excluding hydrogens is 334 g/mol. The number of fused-ring (bicyclic) bond motifs is 1. The third kappa shape index (κ3) is 4.81. The van der Waals surface area contributed by atoms with Gasteiger partial charge in [-0.2, -0.15) is 9.97 Å². The van der Waals surface area contributed by atoms with Crippen molar-refractivity contribution >= 4 is 30.5 Å². The van der Waals surface area contributed by atoms with Crippen LogP contribution in [0.4, 0.5) is 16.2 Å². The second-order valence-corrected chi connectivity index (χ2v) is 6.07. The Kier molecular flexibility index (Phi) is 5.44. The van der Waals surface area contributed by atoms with E-state index in [9.17, 15) is 8.96 Å². The molecule has 0 saturated heterocycles. The summed E-state index contributed by atoms with van der Waals surface area (Å²) in [5, 5.41) is 0. The van der Waals surface area contributed by atoms with Gasteiger partial charge in [0.1, 0.15) is 12.2 Å². The third-order valence-electron chi connectivity index (χ3n) is 2.66. The Balaban J connectivity index is 2.19. The predicted octanol–water partition coefficient (Wildman–Crippen LogP) is -0.545. The van der Waals surface area contributed by atoms with Crippen molar-refractivity contribution in [2.45, 2.75) is 12.8 Å². The molecule has 11 nitrogen and oxygen atoms in total. The zero-order chi connectivity index (χ0) is 17.0. The Morgan fingerprint density at radius 3 is 2.74 bits per heavy atom. The number of hydrogen-bond donors (Lipinski definition) is 4. The number of rotatable bonds is 8. The van der Waals surface area contributed by atoms with Crippen molar-refractivity contribution in [3.63, 3.8) is 0 Å². The Hall–Kier alpha value is -1.85. The van der Waals surface area contributed by atoms with E-state index in [1.54, 1.807) is 0 Å². The van der Waals surface area contributed by atoms with Gasteiger partial charge in [0, 0.05) is 0 Å². The van der Waals surface area contributed by atoms with Crippen LogP contribution in [0.15, 0.2) is 6.33 Å². The first kappa shape index (κ1) is 17.5. The number of hydrogen-bond acceptors (Lipinski definition) is 8. The topological polar surface area (TPSA) is 172 Å². The second kappa shape index (κ2) is 7.15. The molecule has 6 N–H and O–H groups in total. The minimum Gasteiger partial charge on any atom is -0.382 e. The van der Waals surface area contributed by atoms with Gasteiger partial charge in [0.05, 0.1) is 19.5 Å². The van der Waals surface area contributed by atoms with Crippen molar-refractivity contribution in [3.8, 4) is 0 Å². The summed E-state index contributed by atoms with van der Waals surface area (Å²) in [7, 11) is -4.39. The van der Waals surface area contributed by atoms with Crippen LogP contribution in [-0.4, -0.2) is 55.2 Å². The van der Waals surface area contributed by atoms with E-state index >= 15 is 0 Å². The molecule has 128 valence electrons. The van der Waals surface area contributed by atoms with Crippen molar-refractivity contribution in [1.82, 2.24) is 19.5 Å². The molecule has 0 radical (unpaired) electrons. The van der Waals surface area contributed by atoms with E-state index in [1.807, 2.05) is 0 Å². The molecule has 13 heteroatoms. The average molecular weight is 350 g/mol. The first-order valence-electron chi connectivity index (χ1n) is 6.37. The number of aromatic nitrogens is 4. The average Bonchev–Trinajstić information content (AvgIpc) is 2.84. The van der Waals surface area contributed by atoms with Gasteiger partial charge in [-0.1, -0.05) is 0 Å². The highest BCUT2D eigenvalue weighted by atomic mass is 31.2. The lowest BCUT2D eigenvalue weighted by molar-refractivity contribution is -0.141. The lowest BCUT2D eigenvalue weighted by Crippen LogP contribution is -2.25. The molecule has 0 fully saturated rings. The van der Waals surface area contributed by atoms with Gasteiger partial charge in [-0.3, -0.25) is 4.57 Å².